The van der Waals surface area contributed by atoms with E-state index in [9.17, 15) is 9.59 Å². The molecule has 10 heteroatoms. The second kappa shape index (κ2) is 27.4. The first-order chi connectivity index (χ1) is 58.4. The molecule has 0 amide bonds. The molecule has 0 aliphatic heterocycles. The van der Waals surface area contributed by atoms with Crippen molar-refractivity contribution in [3.63, 3.8) is 0 Å². The van der Waals surface area contributed by atoms with Crippen LogP contribution < -0.4 is 11.1 Å². The van der Waals surface area contributed by atoms with Gasteiger partial charge in [-0.3, -0.25) is 23.3 Å². The highest BCUT2D eigenvalue weighted by molar-refractivity contribution is 6.16. The van der Waals surface area contributed by atoms with E-state index < -0.39 is 0 Å². The molecule has 0 radical (unpaired) electrons. The Labute approximate surface area is 676 Å². The van der Waals surface area contributed by atoms with Gasteiger partial charge in [-0.1, -0.05) is 249 Å². The summed E-state index contributed by atoms with van der Waals surface area (Å²) in [7, 11) is 0. The quantitative estimate of drug-likeness (QED) is 0.128. The molecule has 0 aliphatic carbocycles. The SMILES string of the molecule is O=c1c2ccc(-n3c4ccccc4c4cc(-c5ccc6c(c5)c5ccccc5n6-c5ccccc5)ccc43)cc2c2cc(-c3ccccc3)ccc2n1-c1cccc(-c2ccccc2)c1.O=c1c2ccccc2c2cnc(-n3c4ccccc4c4cc(-c5ccc6c(c5)c5ccccc5n6-c5ccccc5)ccc43)nc2n1-c1ccccc1. The third-order valence-electron chi connectivity index (χ3n) is 23.8. The van der Waals surface area contributed by atoms with Crippen LogP contribution in [-0.4, -0.2) is 37.4 Å². The monoisotopic (exact) mass is 1510 g/mol. The highest BCUT2D eigenvalue weighted by Gasteiger charge is 2.24. The first-order valence-electron chi connectivity index (χ1n) is 39.8. The maximum atomic E-state index is 14.9. The maximum absolute atomic E-state index is 14.9. The molecule has 0 aliphatic rings. The molecule has 7 aromatic heterocycles. The number of hydrogen-bond acceptors (Lipinski definition) is 4. The maximum Gasteiger partial charge on any atom is 0.264 e. The molecule has 0 saturated carbocycles. The lowest BCUT2D eigenvalue weighted by atomic mass is 9.98. The zero-order valence-electron chi connectivity index (χ0n) is 63.7. The normalized spacial score (nSPS) is 11.8. The Hall–Kier alpha value is -16.0. The van der Waals surface area contributed by atoms with Crippen LogP contribution in [0.4, 0.5) is 0 Å². The van der Waals surface area contributed by atoms with Gasteiger partial charge < -0.3 is 13.7 Å². The van der Waals surface area contributed by atoms with E-state index in [2.05, 4.69) is 322 Å². The van der Waals surface area contributed by atoms with Crippen molar-refractivity contribution in [3.8, 4) is 78.9 Å². The van der Waals surface area contributed by atoms with E-state index in [0.29, 0.717) is 22.4 Å². The zero-order chi connectivity index (χ0) is 78.1. The fourth-order valence-electron chi connectivity index (χ4n) is 18.4. The fraction of sp³-hybridized carbons (Fsp3) is 0. The number of hydrogen-bond donors (Lipinski definition) is 0. The second-order valence-corrected chi connectivity index (χ2v) is 30.3. The molecule has 0 bridgehead atoms. The summed E-state index contributed by atoms with van der Waals surface area (Å²) in [5.74, 6) is 0.506. The van der Waals surface area contributed by atoms with Crippen LogP contribution in [0.2, 0.25) is 0 Å². The van der Waals surface area contributed by atoms with Crippen LogP contribution in [0.15, 0.2) is 422 Å². The molecular weight excluding hydrogens is 1440 g/mol. The van der Waals surface area contributed by atoms with Gasteiger partial charge in [-0.05, 0) is 213 Å². The molecule has 0 atom stereocenters. The summed E-state index contributed by atoms with van der Waals surface area (Å²) in [6.07, 6.45) is 1.86. The number of benzene rings is 17. The van der Waals surface area contributed by atoms with Crippen LogP contribution >= 0.6 is 0 Å². The van der Waals surface area contributed by atoms with Crippen LogP contribution in [0, 0.1) is 0 Å². The number of nitrogens with zero attached hydrogens (tertiary/aromatic N) is 8. The molecule has 10 nitrogen and oxygen atoms in total. The third kappa shape index (κ3) is 10.9. The summed E-state index contributed by atoms with van der Waals surface area (Å²) < 4.78 is 12.8. The number of fused-ring (bicyclic) bond motifs is 18. The van der Waals surface area contributed by atoms with E-state index >= 15 is 0 Å². The molecule has 552 valence electrons. The minimum absolute atomic E-state index is 0.0487. The van der Waals surface area contributed by atoms with Gasteiger partial charge in [0.05, 0.1) is 55.3 Å². The van der Waals surface area contributed by atoms with E-state index in [0.717, 1.165) is 127 Å². The van der Waals surface area contributed by atoms with Crippen molar-refractivity contribution in [2.75, 3.05) is 0 Å². The van der Waals surface area contributed by atoms with Crippen LogP contribution in [0.3, 0.4) is 0 Å². The molecule has 118 heavy (non-hydrogen) atoms. The fourth-order valence-corrected chi connectivity index (χ4v) is 18.4. The van der Waals surface area contributed by atoms with Crippen molar-refractivity contribution in [2.45, 2.75) is 0 Å². The summed E-state index contributed by atoms with van der Waals surface area (Å²) >= 11 is 0. The lowest BCUT2D eigenvalue weighted by Gasteiger charge is -2.17. The first kappa shape index (κ1) is 67.6. The molecule has 0 fully saturated rings. The number of pyridine rings is 2. The standard InChI is InChI=1S/C61H39N3O.C47H29N5O/c65-61-51-31-30-48(39-52(51)55-36-43(41-17-6-2-7-18-41)27-34-60(55)64(61)47-22-14-19-42(35-47)40-15-4-1-5-16-40)63-57-26-13-11-24-50(57)54-38-45(29-33-59(54)63)44-28-32-58-53(37-44)49-23-10-12-25-56(49)62(58)46-20-8-3-9-21-46;53-46-37-20-8-7-17-34(37)40-29-48-47(49-45(40)51(46)33-15-5-2-6-16-33)52-42-22-12-10-19-36(42)39-28-31(24-26-44(39)52)30-23-25-43-38(27-30)35-18-9-11-21-41(35)50(43)32-13-3-1-4-14-32/h1-39H;1-29H. The van der Waals surface area contributed by atoms with Crippen LogP contribution in [-0.2, 0) is 0 Å². The van der Waals surface area contributed by atoms with E-state index in [-0.39, 0.29) is 11.1 Å². The number of aromatic nitrogens is 8. The molecule has 7 heterocycles. The van der Waals surface area contributed by atoms with Gasteiger partial charge in [0.25, 0.3) is 11.1 Å². The van der Waals surface area contributed by atoms with Crippen LogP contribution in [0.25, 0.3) is 210 Å². The van der Waals surface area contributed by atoms with E-state index in [1.165, 1.54) is 59.9 Å². The minimum atomic E-state index is -0.111. The van der Waals surface area contributed by atoms with Crippen molar-refractivity contribution in [1.29, 1.82) is 0 Å². The van der Waals surface area contributed by atoms with E-state index in [4.69, 9.17) is 9.97 Å². The summed E-state index contributed by atoms with van der Waals surface area (Å²) in [5, 5.41) is 14.3. The van der Waals surface area contributed by atoms with Gasteiger partial charge in [0.15, 0.2) is 5.65 Å². The summed E-state index contributed by atoms with van der Waals surface area (Å²) in [6, 6.07) is 142. The van der Waals surface area contributed by atoms with E-state index in [1.54, 1.807) is 4.57 Å². The van der Waals surface area contributed by atoms with Gasteiger partial charge in [0, 0.05) is 93.6 Å². The van der Waals surface area contributed by atoms with Crippen LogP contribution in [0.1, 0.15) is 0 Å². The molecular formula is C108H68N8O2. The topological polar surface area (TPSA) is 89.5 Å². The smallest absolute Gasteiger partial charge is 0.264 e. The van der Waals surface area contributed by atoms with Gasteiger partial charge >= 0.3 is 0 Å². The Balaban J connectivity index is 0.000000141. The number of para-hydroxylation sites is 7. The molecule has 17 aromatic carbocycles. The molecule has 24 rings (SSSR count). The van der Waals surface area contributed by atoms with Crippen molar-refractivity contribution < 1.29 is 0 Å². The molecule has 24 aromatic rings. The van der Waals surface area contributed by atoms with E-state index in [1.807, 2.05) is 114 Å². The average Bonchev–Trinajstić information content (AvgIpc) is 1.46. The molecule has 0 unspecified atom stereocenters. The van der Waals surface area contributed by atoms with Gasteiger partial charge in [-0.25, -0.2) is 4.98 Å². The lowest BCUT2D eigenvalue weighted by Crippen LogP contribution is -2.20. The second-order valence-electron chi connectivity index (χ2n) is 30.3. The van der Waals surface area contributed by atoms with Crippen molar-refractivity contribution in [3.05, 3.63) is 433 Å². The number of rotatable bonds is 10. The van der Waals surface area contributed by atoms with Gasteiger partial charge in [0.1, 0.15) is 0 Å². The molecule has 0 N–H and O–H groups in total. The largest absolute Gasteiger partial charge is 0.309 e. The first-order valence-corrected chi connectivity index (χ1v) is 39.8. The molecule has 0 spiro atoms. The Morgan fingerprint density at radius 2 is 0.466 bits per heavy atom. The Morgan fingerprint density at radius 3 is 0.924 bits per heavy atom. The lowest BCUT2D eigenvalue weighted by molar-refractivity contribution is 0.965. The minimum Gasteiger partial charge on any atom is -0.309 e. The summed E-state index contributed by atoms with van der Waals surface area (Å²) in [4.78, 5) is 39.1. The van der Waals surface area contributed by atoms with Crippen molar-refractivity contribution in [2.24, 2.45) is 0 Å². The highest BCUT2D eigenvalue weighted by atomic mass is 16.1. The predicted molar refractivity (Wildman–Crippen MR) is 489 cm³/mol. The van der Waals surface area contributed by atoms with Crippen molar-refractivity contribution in [1.82, 2.24) is 37.4 Å². The zero-order valence-corrected chi connectivity index (χ0v) is 63.7. The summed E-state index contributed by atoms with van der Waals surface area (Å²) in [5.41, 5.74) is 24.1. The van der Waals surface area contributed by atoms with Crippen molar-refractivity contribution >= 4 is 131 Å². The Kier molecular flexibility index (Phi) is 15.7. The Bertz CT molecular complexity index is 8350. The Morgan fingerprint density at radius 1 is 0.169 bits per heavy atom. The molecule has 0 saturated heterocycles. The van der Waals surface area contributed by atoms with Gasteiger partial charge in [0.2, 0.25) is 5.95 Å². The average molecular weight is 1510 g/mol. The highest BCUT2D eigenvalue weighted by Crippen LogP contribution is 2.43. The van der Waals surface area contributed by atoms with Gasteiger partial charge in [-0.15, -0.1) is 0 Å². The van der Waals surface area contributed by atoms with Crippen LogP contribution in [0.5, 0.6) is 0 Å². The predicted octanol–water partition coefficient (Wildman–Crippen LogP) is 26.1. The summed E-state index contributed by atoms with van der Waals surface area (Å²) in [6.45, 7) is 0. The van der Waals surface area contributed by atoms with Gasteiger partial charge in [-0.2, -0.15) is 4.98 Å². The third-order valence-corrected chi connectivity index (χ3v) is 23.8.